The van der Waals surface area contributed by atoms with Gasteiger partial charge in [0.25, 0.3) is 5.91 Å². The Morgan fingerprint density at radius 2 is 2.07 bits per heavy atom. The summed E-state index contributed by atoms with van der Waals surface area (Å²) in [5, 5.41) is 2.70. The van der Waals surface area contributed by atoms with E-state index in [-0.39, 0.29) is 24.0 Å². The summed E-state index contributed by atoms with van der Waals surface area (Å²) < 4.78 is 0. The third-order valence-corrected chi connectivity index (χ3v) is 3.14. The van der Waals surface area contributed by atoms with Gasteiger partial charge < -0.3 is 5.32 Å². The molecule has 0 radical (unpaired) electrons. The van der Waals surface area contributed by atoms with Gasteiger partial charge in [0.2, 0.25) is 0 Å². The third kappa shape index (κ3) is 1.76. The molecule has 1 N–H and O–H groups in total. The van der Waals surface area contributed by atoms with Crippen molar-refractivity contribution in [2.75, 3.05) is 0 Å². The van der Waals surface area contributed by atoms with Crippen LogP contribution in [-0.2, 0) is 4.79 Å². The van der Waals surface area contributed by atoms with Gasteiger partial charge >= 0.3 is 6.03 Å². The molecule has 1 heterocycles. The molecule has 0 aromatic carbocycles. The largest absolute Gasteiger partial charge is 0.325 e. The molecule has 0 bridgehead atoms. The van der Waals surface area contributed by atoms with Crippen LogP contribution in [0.4, 0.5) is 4.79 Å². The van der Waals surface area contributed by atoms with Crippen LogP contribution in [0, 0.1) is 0 Å². The number of rotatable bonds is 3. The number of carbonyl (C=O) groups excluding carboxylic acids is 2. The minimum atomic E-state index is -0.379. The smallest absolute Gasteiger partial charge is 0.325 e. The van der Waals surface area contributed by atoms with E-state index in [9.17, 15) is 9.59 Å². The van der Waals surface area contributed by atoms with E-state index in [4.69, 9.17) is 0 Å². The number of carbonyl (C=O) groups is 2. The Hall–Kier alpha value is -1.32. The Kier molecular flexibility index (Phi) is 2.75. The van der Waals surface area contributed by atoms with E-state index in [1.807, 2.05) is 0 Å². The van der Waals surface area contributed by atoms with Crippen molar-refractivity contribution in [2.24, 2.45) is 0 Å². The molecule has 4 nitrogen and oxygen atoms in total. The third-order valence-electron chi connectivity index (χ3n) is 3.14. The zero-order valence-corrected chi connectivity index (χ0v) is 8.74. The van der Waals surface area contributed by atoms with Gasteiger partial charge in [0.05, 0.1) is 0 Å². The molecule has 1 atom stereocenters. The van der Waals surface area contributed by atoms with Crippen molar-refractivity contribution < 1.29 is 9.59 Å². The summed E-state index contributed by atoms with van der Waals surface area (Å²) in [6, 6.07) is -0.471. The lowest BCUT2D eigenvalue weighted by atomic mass is 10.1. The average molecular weight is 208 g/mol. The maximum atomic E-state index is 11.9. The van der Waals surface area contributed by atoms with E-state index >= 15 is 0 Å². The van der Waals surface area contributed by atoms with Crippen molar-refractivity contribution in [1.29, 1.82) is 0 Å². The average Bonchev–Trinajstić information content (AvgIpc) is 2.77. The molecule has 82 valence electrons. The van der Waals surface area contributed by atoms with Gasteiger partial charge in [-0.15, -0.1) is 6.58 Å². The van der Waals surface area contributed by atoms with E-state index in [1.165, 1.54) is 4.90 Å². The number of hydrogen-bond acceptors (Lipinski definition) is 2. The van der Waals surface area contributed by atoms with Gasteiger partial charge in [-0.25, -0.2) is 4.79 Å². The van der Waals surface area contributed by atoms with Crippen LogP contribution in [0.15, 0.2) is 12.7 Å². The predicted molar refractivity (Wildman–Crippen MR) is 56.2 cm³/mol. The molecule has 0 aromatic rings. The van der Waals surface area contributed by atoms with Crippen LogP contribution >= 0.6 is 0 Å². The highest BCUT2D eigenvalue weighted by molar-refractivity contribution is 6.04. The SMILES string of the molecule is C=CCC1NC(=O)N(C2CCCC2)C1=O. The lowest BCUT2D eigenvalue weighted by Gasteiger charge is -2.20. The minimum absolute atomic E-state index is 0.0770. The van der Waals surface area contributed by atoms with Crippen molar-refractivity contribution in [2.45, 2.75) is 44.2 Å². The summed E-state index contributed by atoms with van der Waals surface area (Å²) in [6.07, 6.45) is 6.34. The number of hydrogen-bond donors (Lipinski definition) is 1. The highest BCUT2D eigenvalue weighted by Gasteiger charge is 2.41. The fourth-order valence-corrected chi connectivity index (χ4v) is 2.38. The lowest BCUT2D eigenvalue weighted by molar-refractivity contribution is -0.128. The highest BCUT2D eigenvalue weighted by atomic mass is 16.2. The number of amides is 3. The van der Waals surface area contributed by atoms with Gasteiger partial charge in [0.15, 0.2) is 0 Å². The zero-order chi connectivity index (χ0) is 10.8. The standard InChI is InChI=1S/C11H16N2O2/c1-2-5-9-10(14)13(11(15)12-9)8-6-3-4-7-8/h2,8-9H,1,3-7H2,(H,12,15). The molecule has 3 amide bonds. The van der Waals surface area contributed by atoms with Gasteiger partial charge in [0, 0.05) is 6.04 Å². The maximum Gasteiger partial charge on any atom is 0.325 e. The molecule has 15 heavy (non-hydrogen) atoms. The first kappa shape index (κ1) is 10.2. The first-order chi connectivity index (χ1) is 7.24. The normalized spacial score (nSPS) is 27.2. The fourth-order valence-electron chi connectivity index (χ4n) is 2.38. The van der Waals surface area contributed by atoms with Crippen LogP contribution < -0.4 is 5.32 Å². The molecular formula is C11H16N2O2. The van der Waals surface area contributed by atoms with Crippen molar-refractivity contribution in [3.8, 4) is 0 Å². The van der Waals surface area contributed by atoms with Crippen LogP contribution in [0.1, 0.15) is 32.1 Å². The van der Waals surface area contributed by atoms with E-state index in [1.54, 1.807) is 6.08 Å². The van der Waals surface area contributed by atoms with E-state index in [0.717, 1.165) is 25.7 Å². The first-order valence-electron chi connectivity index (χ1n) is 5.48. The lowest BCUT2D eigenvalue weighted by Crippen LogP contribution is -2.39. The topological polar surface area (TPSA) is 49.4 Å². The number of urea groups is 1. The Morgan fingerprint density at radius 3 is 2.67 bits per heavy atom. The molecule has 1 saturated heterocycles. The summed E-state index contributed by atoms with van der Waals surface area (Å²) in [5.41, 5.74) is 0. The van der Waals surface area contributed by atoms with Gasteiger partial charge in [0.1, 0.15) is 6.04 Å². The van der Waals surface area contributed by atoms with Gasteiger partial charge in [-0.3, -0.25) is 9.69 Å². The second kappa shape index (κ2) is 4.04. The number of nitrogens with one attached hydrogen (secondary N) is 1. The van der Waals surface area contributed by atoms with Gasteiger partial charge in [-0.1, -0.05) is 18.9 Å². The predicted octanol–water partition coefficient (Wildman–Crippen LogP) is 1.43. The Bertz CT molecular complexity index is 295. The summed E-state index contributed by atoms with van der Waals surface area (Å²) in [5.74, 6) is -0.0770. The molecule has 2 fully saturated rings. The maximum absolute atomic E-state index is 11.9. The second-order valence-corrected chi connectivity index (χ2v) is 4.17. The second-order valence-electron chi connectivity index (χ2n) is 4.17. The first-order valence-corrected chi connectivity index (χ1v) is 5.48. The number of imide groups is 1. The molecule has 1 aliphatic carbocycles. The molecular weight excluding hydrogens is 192 g/mol. The van der Waals surface area contributed by atoms with E-state index < -0.39 is 0 Å². The van der Waals surface area contributed by atoms with E-state index in [2.05, 4.69) is 11.9 Å². The Morgan fingerprint density at radius 1 is 1.40 bits per heavy atom. The molecule has 1 aliphatic heterocycles. The van der Waals surface area contributed by atoms with Crippen LogP contribution in [0.2, 0.25) is 0 Å². The number of nitrogens with zero attached hydrogens (tertiary/aromatic N) is 1. The molecule has 2 aliphatic rings. The van der Waals surface area contributed by atoms with Gasteiger partial charge in [-0.2, -0.15) is 0 Å². The minimum Gasteiger partial charge on any atom is -0.325 e. The molecule has 0 aromatic heterocycles. The van der Waals surface area contributed by atoms with Crippen molar-refractivity contribution in [3.05, 3.63) is 12.7 Å². The molecule has 1 unspecified atom stereocenters. The zero-order valence-electron chi connectivity index (χ0n) is 8.74. The Labute approximate surface area is 89.3 Å². The van der Waals surface area contributed by atoms with E-state index in [0.29, 0.717) is 6.42 Å². The van der Waals surface area contributed by atoms with Crippen molar-refractivity contribution in [3.63, 3.8) is 0 Å². The van der Waals surface area contributed by atoms with Crippen LogP contribution in [-0.4, -0.2) is 28.9 Å². The summed E-state index contributed by atoms with van der Waals surface area (Å²) in [6.45, 7) is 3.58. The molecule has 0 spiro atoms. The monoisotopic (exact) mass is 208 g/mol. The summed E-state index contributed by atoms with van der Waals surface area (Å²) in [7, 11) is 0. The quantitative estimate of drug-likeness (QED) is 0.563. The molecule has 4 heteroatoms. The van der Waals surface area contributed by atoms with Gasteiger partial charge in [-0.05, 0) is 19.3 Å². The van der Waals surface area contributed by atoms with Crippen LogP contribution in [0.3, 0.4) is 0 Å². The molecule has 2 rings (SSSR count). The van der Waals surface area contributed by atoms with Crippen LogP contribution in [0.5, 0.6) is 0 Å². The van der Waals surface area contributed by atoms with Crippen molar-refractivity contribution >= 4 is 11.9 Å². The Balaban J connectivity index is 2.08. The summed E-state index contributed by atoms with van der Waals surface area (Å²) in [4.78, 5) is 24.9. The summed E-state index contributed by atoms with van der Waals surface area (Å²) >= 11 is 0. The molecule has 1 saturated carbocycles. The fraction of sp³-hybridized carbons (Fsp3) is 0.636. The van der Waals surface area contributed by atoms with Crippen LogP contribution in [0.25, 0.3) is 0 Å². The highest BCUT2D eigenvalue weighted by Crippen LogP contribution is 2.26. The van der Waals surface area contributed by atoms with Crippen molar-refractivity contribution in [1.82, 2.24) is 10.2 Å².